The van der Waals surface area contributed by atoms with Gasteiger partial charge in [0.1, 0.15) is 11.4 Å². The maximum Gasteiger partial charge on any atom is 0.383 e. The van der Waals surface area contributed by atoms with E-state index in [-0.39, 0.29) is 18.1 Å². The Labute approximate surface area is 137 Å². The molecule has 1 heterocycles. The fourth-order valence-electron chi connectivity index (χ4n) is 1.82. The van der Waals surface area contributed by atoms with Crippen LogP contribution in [0.3, 0.4) is 0 Å². The van der Waals surface area contributed by atoms with Gasteiger partial charge in [-0.15, -0.1) is 0 Å². The molecular weight excluding hydrogens is 314 g/mol. The van der Waals surface area contributed by atoms with Crippen LogP contribution >= 0.6 is 0 Å². The Hall–Kier alpha value is -3.36. The predicted molar refractivity (Wildman–Crippen MR) is 85.2 cm³/mol. The number of carbonyl (C=O) groups is 2. The van der Waals surface area contributed by atoms with E-state index in [2.05, 4.69) is 10.3 Å². The lowest BCUT2D eigenvalue weighted by atomic mass is 10.2. The van der Waals surface area contributed by atoms with Crippen molar-refractivity contribution in [1.29, 1.82) is 0 Å². The highest BCUT2D eigenvalue weighted by Gasteiger charge is 2.13. The first-order chi connectivity index (χ1) is 11.5. The van der Waals surface area contributed by atoms with E-state index >= 15 is 0 Å². The first-order valence-electron chi connectivity index (χ1n) is 7.09. The molecule has 9 nitrogen and oxygen atoms in total. The monoisotopic (exact) mass is 331 g/mol. The number of primary amides is 1. The number of nitrogens with two attached hydrogens (primary N) is 2. The average Bonchev–Trinajstić information content (AvgIpc) is 3.06. The molecule has 0 radical (unpaired) electrons. The topological polar surface area (TPSA) is 135 Å². The largest absolute Gasteiger partial charge is 0.484 e. The summed E-state index contributed by atoms with van der Waals surface area (Å²) in [7, 11) is 0. The molecule has 0 aliphatic carbocycles. The van der Waals surface area contributed by atoms with Crippen molar-refractivity contribution in [3.05, 3.63) is 47.8 Å². The molecule has 2 aromatic rings. The Morgan fingerprint density at radius 1 is 1.21 bits per heavy atom. The number of hydrogen-bond acceptors (Lipinski definition) is 6. The van der Waals surface area contributed by atoms with Crippen LogP contribution < -0.4 is 16.2 Å². The molecule has 126 valence electrons. The van der Waals surface area contributed by atoms with E-state index in [9.17, 15) is 9.59 Å². The summed E-state index contributed by atoms with van der Waals surface area (Å²) in [6, 6.07) is 7.93. The molecule has 1 aromatic heterocycles. The summed E-state index contributed by atoms with van der Waals surface area (Å²) in [4.78, 5) is 27.4. The van der Waals surface area contributed by atoms with Gasteiger partial charge in [0.15, 0.2) is 12.4 Å². The second kappa shape index (κ2) is 7.77. The minimum atomic E-state index is -0.654. The summed E-state index contributed by atoms with van der Waals surface area (Å²) in [6.45, 7) is 2.16. The van der Waals surface area contributed by atoms with Gasteiger partial charge in [0, 0.05) is 18.3 Å². The van der Waals surface area contributed by atoms with Crippen molar-refractivity contribution in [3.8, 4) is 5.75 Å². The second-order valence-corrected chi connectivity index (χ2v) is 4.67. The molecule has 0 saturated heterocycles. The molecule has 0 fully saturated rings. The number of nitrogens with zero attached hydrogens (tertiary/aromatic N) is 3. The molecule has 1 amide bonds. The van der Waals surface area contributed by atoms with Gasteiger partial charge in [-0.05, 0) is 37.3 Å². The minimum absolute atomic E-state index is 0.0207. The highest BCUT2D eigenvalue weighted by Crippen LogP contribution is 2.12. The zero-order valence-electron chi connectivity index (χ0n) is 13.0. The zero-order chi connectivity index (χ0) is 17.5. The van der Waals surface area contributed by atoms with Gasteiger partial charge in [0.05, 0.1) is 0 Å². The molecule has 0 aliphatic rings. The quantitative estimate of drug-likeness (QED) is 0.323. The summed E-state index contributed by atoms with van der Waals surface area (Å²) >= 11 is 0. The first-order valence-corrected chi connectivity index (χ1v) is 7.09. The van der Waals surface area contributed by atoms with Crippen molar-refractivity contribution < 1.29 is 19.2 Å². The van der Waals surface area contributed by atoms with Crippen molar-refractivity contribution in [2.75, 3.05) is 6.61 Å². The van der Waals surface area contributed by atoms with E-state index in [1.165, 1.54) is 16.9 Å². The summed E-state index contributed by atoms with van der Waals surface area (Å²) < 4.78 is 6.61. The molecule has 9 heteroatoms. The number of ether oxygens (including phenoxy) is 1. The van der Waals surface area contributed by atoms with Crippen LogP contribution in [0.4, 0.5) is 0 Å². The summed E-state index contributed by atoms with van der Waals surface area (Å²) in [5.74, 6) is -0.751. The van der Waals surface area contributed by atoms with Gasteiger partial charge >= 0.3 is 5.97 Å². The fourth-order valence-corrected chi connectivity index (χ4v) is 1.82. The van der Waals surface area contributed by atoms with Crippen LogP contribution in [0.1, 0.15) is 23.0 Å². The molecule has 0 atom stereocenters. The molecule has 24 heavy (non-hydrogen) atoms. The van der Waals surface area contributed by atoms with E-state index in [0.29, 0.717) is 17.9 Å². The third-order valence-corrected chi connectivity index (χ3v) is 2.98. The maximum absolute atomic E-state index is 11.9. The van der Waals surface area contributed by atoms with E-state index < -0.39 is 11.9 Å². The van der Waals surface area contributed by atoms with Crippen molar-refractivity contribution in [3.63, 3.8) is 0 Å². The van der Waals surface area contributed by atoms with Gasteiger partial charge in [0.2, 0.25) is 0 Å². The van der Waals surface area contributed by atoms with Crippen LogP contribution in [0.2, 0.25) is 0 Å². The molecule has 0 aliphatic heterocycles. The summed E-state index contributed by atoms with van der Waals surface area (Å²) in [5.41, 5.74) is 11.6. The van der Waals surface area contributed by atoms with Gasteiger partial charge in [0.25, 0.3) is 5.91 Å². The number of oxime groups is 1. The Balaban J connectivity index is 2.00. The lowest BCUT2D eigenvalue weighted by Gasteiger charge is -2.05. The van der Waals surface area contributed by atoms with Gasteiger partial charge < -0.3 is 21.0 Å². The molecule has 2 rings (SSSR count). The number of rotatable bonds is 7. The summed E-state index contributed by atoms with van der Waals surface area (Å²) in [5, 5.41) is 7.59. The van der Waals surface area contributed by atoms with Crippen molar-refractivity contribution in [1.82, 2.24) is 9.78 Å². The Morgan fingerprint density at radius 2 is 1.92 bits per heavy atom. The van der Waals surface area contributed by atoms with Gasteiger partial charge in [-0.3, -0.25) is 9.48 Å². The number of aryl methyl sites for hydroxylation is 1. The molecular formula is C15H17N5O4. The van der Waals surface area contributed by atoms with Gasteiger partial charge in [-0.2, -0.15) is 5.10 Å². The van der Waals surface area contributed by atoms with Crippen LogP contribution in [0, 0.1) is 0 Å². The Kier molecular flexibility index (Phi) is 5.50. The number of amidine groups is 1. The van der Waals surface area contributed by atoms with E-state index in [4.69, 9.17) is 21.0 Å². The van der Waals surface area contributed by atoms with E-state index in [1.54, 1.807) is 24.3 Å². The van der Waals surface area contributed by atoms with Crippen LogP contribution in [0.15, 0.2) is 41.7 Å². The average molecular weight is 331 g/mol. The zero-order valence-corrected chi connectivity index (χ0v) is 13.0. The van der Waals surface area contributed by atoms with Crippen LogP contribution in [-0.2, 0) is 16.2 Å². The Morgan fingerprint density at radius 3 is 2.54 bits per heavy atom. The second-order valence-electron chi connectivity index (χ2n) is 4.67. The third kappa shape index (κ3) is 4.32. The third-order valence-electron chi connectivity index (χ3n) is 2.98. The van der Waals surface area contributed by atoms with E-state index in [1.807, 2.05) is 6.92 Å². The highest BCUT2D eigenvalue weighted by atomic mass is 16.7. The molecule has 0 bridgehead atoms. The SMILES string of the molecule is CCn1nccc1C(=O)O/N=C(\N)c1ccc(OCC(N)=O)cc1. The van der Waals surface area contributed by atoms with Crippen LogP contribution in [0.5, 0.6) is 5.75 Å². The molecule has 0 unspecified atom stereocenters. The lowest BCUT2D eigenvalue weighted by molar-refractivity contribution is -0.119. The standard InChI is InChI=1S/C15H17N5O4/c1-2-20-12(7-8-18-20)15(22)24-19-14(17)10-3-5-11(6-4-10)23-9-13(16)21/h3-8H,2,9H2,1H3,(H2,16,21)(H2,17,19). The normalized spacial score (nSPS) is 11.1. The van der Waals surface area contributed by atoms with Crippen molar-refractivity contribution in [2.24, 2.45) is 16.6 Å². The van der Waals surface area contributed by atoms with Crippen molar-refractivity contribution in [2.45, 2.75) is 13.5 Å². The van der Waals surface area contributed by atoms with Gasteiger partial charge in [-0.25, -0.2) is 4.79 Å². The number of amides is 1. The smallest absolute Gasteiger partial charge is 0.383 e. The molecule has 0 spiro atoms. The predicted octanol–water partition coefficient (Wildman–Crippen LogP) is 0.244. The first kappa shape index (κ1) is 17.0. The number of hydrogen-bond donors (Lipinski definition) is 2. The number of carbonyl (C=O) groups excluding carboxylic acids is 2. The summed E-state index contributed by atoms with van der Waals surface area (Å²) in [6.07, 6.45) is 1.50. The van der Waals surface area contributed by atoms with Crippen LogP contribution in [-0.4, -0.2) is 34.1 Å². The fraction of sp³-hybridized carbons (Fsp3) is 0.200. The maximum atomic E-state index is 11.9. The van der Waals surface area contributed by atoms with E-state index in [0.717, 1.165) is 0 Å². The lowest BCUT2D eigenvalue weighted by Crippen LogP contribution is -2.20. The molecule has 0 saturated carbocycles. The highest BCUT2D eigenvalue weighted by molar-refractivity contribution is 5.98. The molecule has 4 N–H and O–H groups in total. The minimum Gasteiger partial charge on any atom is -0.484 e. The molecule has 1 aromatic carbocycles. The van der Waals surface area contributed by atoms with Crippen LogP contribution in [0.25, 0.3) is 0 Å². The Bertz CT molecular complexity index is 751. The number of benzene rings is 1. The number of aromatic nitrogens is 2. The van der Waals surface area contributed by atoms with Crippen molar-refractivity contribution >= 4 is 17.7 Å². The van der Waals surface area contributed by atoms with Gasteiger partial charge in [-0.1, -0.05) is 5.16 Å².